The summed E-state index contributed by atoms with van der Waals surface area (Å²) in [5.74, 6) is 0. The quantitative estimate of drug-likeness (QED) is 0.554. The van der Waals surface area contributed by atoms with E-state index in [1.165, 1.54) is 11.1 Å². The average Bonchev–Trinajstić information content (AvgIpc) is 2.18. The van der Waals surface area contributed by atoms with E-state index in [1.807, 2.05) is 0 Å². The Kier molecular flexibility index (Phi) is 5.02. The van der Waals surface area contributed by atoms with Crippen LogP contribution in [0.15, 0.2) is 36.4 Å². The second kappa shape index (κ2) is 6.39. The molecule has 0 amide bonds. The molecule has 0 fully saturated rings. The molecule has 1 aromatic carbocycles. The van der Waals surface area contributed by atoms with Gasteiger partial charge >= 0.3 is 0 Å². The summed E-state index contributed by atoms with van der Waals surface area (Å²) in [5.41, 5.74) is 2.70. The van der Waals surface area contributed by atoms with Crippen LogP contribution < -0.4 is 5.32 Å². The Balaban J connectivity index is 2.24. The van der Waals surface area contributed by atoms with E-state index in [4.69, 9.17) is 0 Å². The second-order valence-electron chi connectivity index (χ2n) is 3.52. The highest BCUT2D eigenvalue weighted by atomic mass is 14.8. The zero-order valence-corrected chi connectivity index (χ0v) is 9.09. The topological polar surface area (TPSA) is 12.0 Å². The van der Waals surface area contributed by atoms with Gasteiger partial charge in [0.1, 0.15) is 0 Å². The first kappa shape index (κ1) is 11.0. The van der Waals surface area contributed by atoms with Crippen molar-refractivity contribution in [2.45, 2.75) is 26.8 Å². The number of allylic oxidation sites excluding steroid dienone is 1. The molecule has 0 aliphatic rings. The van der Waals surface area contributed by atoms with Gasteiger partial charge in [-0.25, -0.2) is 0 Å². The van der Waals surface area contributed by atoms with E-state index in [9.17, 15) is 0 Å². The number of nitrogens with one attached hydrogen (secondary N) is 1. The first-order valence-electron chi connectivity index (χ1n) is 5.20. The van der Waals surface area contributed by atoms with Crippen molar-refractivity contribution in [1.82, 2.24) is 5.32 Å². The van der Waals surface area contributed by atoms with Crippen LogP contribution in [0.2, 0.25) is 0 Å². The van der Waals surface area contributed by atoms with E-state index in [0.29, 0.717) is 0 Å². The maximum atomic E-state index is 3.41. The molecule has 0 aliphatic heterocycles. The third-order valence-electron chi connectivity index (χ3n) is 2.14. The van der Waals surface area contributed by atoms with Crippen LogP contribution in [0.5, 0.6) is 0 Å². The Morgan fingerprint density at radius 1 is 1.36 bits per heavy atom. The van der Waals surface area contributed by atoms with Crippen molar-refractivity contribution in [1.29, 1.82) is 0 Å². The summed E-state index contributed by atoms with van der Waals surface area (Å²) in [6.07, 6.45) is 5.39. The third-order valence-corrected chi connectivity index (χ3v) is 2.14. The third kappa shape index (κ3) is 4.24. The van der Waals surface area contributed by atoms with Crippen LogP contribution >= 0.6 is 0 Å². The fourth-order valence-electron chi connectivity index (χ4n) is 1.41. The molecule has 1 N–H and O–H groups in total. The molecule has 0 saturated carbocycles. The lowest BCUT2D eigenvalue weighted by atomic mass is 10.1. The molecule has 0 spiro atoms. The molecule has 1 rings (SSSR count). The normalized spacial score (nSPS) is 11.0. The fourth-order valence-corrected chi connectivity index (χ4v) is 1.41. The Labute approximate surface area is 86.8 Å². The average molecular weight is 189 g/mol. The Morgan fingerprint density at radius 3 is 2.93 bits per heavy atom. The first-order chi connectivity index (χ1) is 6.83. The standard InChI is InChI=1S/C13H19N/c1-3-4-5-9-14-11-13-8-6-7-12(2)10-13/h3-4,6-8,10,14H,5,9,11H2,1-2H3/b4-3+. The highest BCUT2D eigenvalue weighted by Gasteiger charge is 1.91. The van der Waals surface area contributed by atoms with Crippen molar-refractivity contribution in [2.75, 3.05) is 6.54 Å². The summed E-state index contributed by atoms with van der Waals surface area (Å²) in [4.78, 5) is 0. The van der Waals surface area contributed by atoms with E-state index >= 15 is 0 Å². The van der Waals surface area contributed by atoms with Crippen LogP contribution in [-0.2, 0) is 6.54 Å². The lowest BCUT2D eigenvalue weighted by Crippen LogP contribution is -2.13. The van der Waals surface area contributed by atoms with Crippen molar-refractivity contribution in [3.63, 3.8) is 0 Å². The van der Waals surface area contributed by atoms with Gasteiger partial charge in [0.15, 0.2) is 0 Å². The van der Waals surface area contributed by atoms with Gasteiger partial charge in [-0.15, -0.1) is 0 Å². The molecular weight excluding hydrogens is 170 g/mol. The molecule has 0 aliphatic carbocycles. The molecule has 0 aromatic heterocycles. The maximum Gasteiger partial charge on any atom is 0.0205 e. The smallest absolute Gasteiger partial charge is 0.0205 e. The monoisotopic (exact) mass is 189 g/mol. The van der Waals surface area contributed by atoms with Gasteiger partial charge in [0.2, 0.25) is 0 Å². The fraction of sp³-hybridized carbons (Fsp3) is 0.385. The van der Waals surface area contributed by atoms with Crippen LogP contribution in [0.4, 0.5) is 0 Å². The van der Waals surface area contributed by atoms with Gasteiger partial charge in [0.05, 0.1) is 0 Å². The minimum atomic E-state index is 0.971. The Bertz CT molecular complexity index is 289. The van der Waals surface area contributed by atoms with Crippen molar-refractivity contribution in [3.05, 3.63) is 47.5 Å². The molecule has 0 unspecified atom stereocenters. The molecule has 0 bridgehead atoms. The lowest BCUT2D eigenvalue weighted by Gasteiger charge is -2.03. The highest BCUT2D eigenvalue weighted by molar-refractivity contribution is 5.21. The van der Waals surface area contributed by atoms with Gasteiger partial charge in [-0.05, 0) is 32.4 Å². The molecule has 0 atom stereocenters. The number of rotatable bonds is 5. The number of hydrogen-bond acceptors (Lipinski definition) is 1. The number of aryl methyl sites for hydroxylation is 1. The number of benzene rings is 1. The van der Waals surface area contributed by atoms with Gasteiger partial charge in [-0.2, -0.15) is 0 Å². The van der Waals surface area contributed by atoms with Gasteiger partial charge in [0, 0.05) is 6.54 Å². The summed E-state index contributed by atoms with van der Waals surface area (Å²) >= 11 is 0. The first-order valence-corrected chi connectivity index (χ1v) is 5.20. The molecular formula is C13H19N. The molecule has 14 heavy (non-hydrogen) atoms. The van der Waals surface area contributed by atoms with Gasteiger partial charge in [-0.1, -0.05) is 42.0 Å². The summed E-state index contributed by atoms with van der Waals surface area (Å²) in [5, 5.41) is 3.41. The molecule has 1 heteroatoms. The minimum absolute atomic E-state index is 0.971. The molecule has 0 saturated heterocycles. The zero-order valence-electron chi connectivity index (χ0n) is 9.09. The summed E-state index contributed by atoms with van der Waals surface area (Å²) in [7, 11) is 0. The molecule has 0 radical (unpaired) electrons. The summed E-state index contributed by atoms with van der Waals surface area (Å²) in [6.45, 7) is 6.21. The SMILES string of the molecule is C/C=C/CCNCc1cccc(C)c1. The molecule has 76 valence electrons. The predicted molar refractivity (Wildman–Crippen MR) is 62.3 cm³/mol. The number of hydrogen-bond donors (Lipinski definition) is 1. The van der Waals surface area contributed by atoms with Gasteiger partial charge < -0.3 is 5.32 Å². The minimum Gasteiger partial charge on any atom is -0.312 e. The van der Waals surface area contributed by atoms with E-state index < -0.39 is 0 Å². The van der Waals surface area contributed by atoms with Crippen molar-refractivity contribution < 1.29 is 0 Å². The summed E-state index contributed by atoms with van der Waals surface area (Å²) < 4.78 is 0. The molecule has 1 aromatic rings. The van der Waals surface area contributed by atoms with Crippen LogP contribution in [0.1, 0.15) is 24.5 Å². The van der Waals surface area contributed by atoms with Crippen molar-refractivity contribution >= 4 is 0 Å². The Morgan fingerprint density at radius 2 is 2.21 bits per heavy atom. The van der Waals surface area contributed by atoms with E-state index in [-0.39, 0.29) is 0 Å². The highest BCUT2D eigenvalue weighted by Crippen LogP contribution is 2.02. The van der Waals surface area contributed by atoms with Crippen molar-refractivity contribution in [3.8, 4) is 0 Å². The summed E-state index contributed by atoms with van der Waals surface area (Å²) in [6, 6.07) is 8.62. The van der Waals surface area contributed by atoms with Gasteiger partial charge in [-0.3, -0.25) is 0 Å². The van der Waals surface area contributed by atoms with Crippen LogP contribution in [0.25, 0.3) is 0 Å². The Hall–Kier alpha value is -1.08. The van der Waals surface area contributed by atoms with Crippen LogP contribution in [0.3, 0.4) is 0 Å². The van der Waals surface area contributed by atoms with Gasteiger partial charge in [0.25, 0.3) is 0 Å². The van der Waals surface area contributed by atoms with E-state index in [2.05, 4.69) is 55.6 Å². The van der Waals surface area contributed by atoms with Crippen LogP contribution in [0, 0.1) is 6.92 Å². The lowest BCUT2D eigenvalue weighted by molar-refractivity contribution is 0.695. The van der Waals surface area contributed by atoms with Crippen molar-refractivity contribution in [2.24, 2.45) is 0 Å². The second-order valence-corrected chi connectivity index (χ2v) is 3.52. The van der Waals surface area contributed by atoms with E-state index in [1.54, 1.807) is 0 Å². The largest absolute Gasteiger partial charge is 0.312 e. The molecule has 1 nitrogen and oxygen atoms in total. The zero-order chi connectivity index (χ0) is 10.2. The van der Waals surface area contributed by atoms with Crippen LogP contribution in [-0.4, -0.2) is 6.54 Å². The predicted octanol–water partition coefficient (Wildman–Crippen LogP) is 3.05. The maximum absolute atomic E-state index is 3.41. The molecule has 0 heterocycles. The van der Waals surface area contributed by atoms with E-state index in [0.717, 1.165) is 19.5 Å².